The Bertz CT molecular complexity index is 780. The molecular weight excluding hydrogens is 318 g/mol. The minimum absolute atomic E-state index is 0.0575. The predicted octanol–water partition coefficient (Wildman–Crippen LogP) is 2.63. The fraction of sp³-hybridized carbons (Fsp3) is 0.188. The summed E-state index contributed by atoms with van der Waals surface area (Å²) in [5.74, 6) is -0.154. The lowest BCUT2D eigenvalue weighted by atomic mass is 10.2. The van der Waals surface area contributed by atoms with Gasteiger partial charge in [-0.25, -0.2) is 8.42 Å². The van der Waals surface area contributed by atoms with Gasteiger partial charge in [-0.05, 0) is 29.7 Å². The average molecular weight is 333 g/mol. The molecule has 1 amide bonds. The second-order valence-corrected chi connectivity index (χ2v) is 8.04. The van der Waals surface area contributed by atoms with E-state index in [1.165, 1.54) is 16.7 Å². The van der Waals surface area contributed by atoms with Crippen LogP contribution in [0.25, 0.3) is 0 Å². The fourth-order valence-electron chi connectivity index (χ4n) is 2.48. The first-order valence-electron chi connectivity index (χ1n) is 6.86. The number of para-hydroxylation sites is 1. The Morgan fingerprint density at radius 3 is 2.55 bits per heavy atom. The minimum atomic E-state index is -3.22. The van der Waals surface area contributed by atoms with Gasteiger partial charge in [-0.1, -0.05) is 24.3 Å². The number of amides is 1. The largest absolute Gasteiger partial charge is 0.304 e. The molecule has 0 saturated heterocycles. The molecular formula is C16H15NO3S2. The molecule has 22 heavy (non-hydrogen) atoms. The van der Waals surface area contributed by atoms with E-state index in [2.05, 4.69) is 0 Å². The van der Waals surface area contributed by atoms with E-state index in [9.17, 15) is 13.2 Å². The van der Waals surface area contributed by atoms with Gasteiger partial charge in [0.25, 0.3) is 0 Å². The van der Waals surface area contributed by atoms with Crippen LogP contribution < -0.4 is 4.90 Å². The summed E-state index contributed by atoms with van der Waals surface area (Å²) in [5, 5.41) is 3.13. The van der Waals surface area contributed by atoms with Crippen LogP contribution in [0, 0.1) is 0 Å². The van der Waals surface area contributed by atoms with Crippen LogP contribution in [0.3, 0.4) is 0 Å². The Hall–Kier alpha value is -1.92. The molecule has 114 valence electrons. The first-order chi connectivity index (χ1) is 10.6. The molecule has 0 unspecified atom stereocenters. The van der Waals surface area contributed by atoms with Gasteiger partial charge in [-0.2, -0.15) is 0 Å². The molecule has 1 aromatic carbocycles. The van der Waals surface area contributed by atoms with E-state index in [0.717, 1.165) is 10.6 Å². The third-order valence-corrected chi connectivity index (χ3v) is 5.71. The van der Waals surface area contributed by atoms with Crippen LogP contribution in [0.1, 0.15) is 4.88 Å². The van der Waals surface area contributed by atoms with E-state index in [-0.39, 0.29) is 18.1 Å². The minimum Gasteiger partial charge on any atom is -0.304 e. The molecule has 0 N–H and O–H groups in total. The van der Waals surface area contributed by atoms with Crippen molar-refractivity contribution in [1.29, 1.82) is 0 Å². The highest BCUT2D eigenvalue weighted by Gasteiger charge is 2.31. The van der Waals surface area contributed by atoms with Gasteiger partial charge in [0.15, 0.2) is 9.84 Å². The van der Waals surface area contributed by atoms with Gasteiger partial charge in [-0.15, -0.1) is 11.3 Å². The molecule has 2 heterocycles. The zero-order chi connectivity index (χ0) is 15.6. The van der Waals surface area contributed by atoms with E-state index < -0.39 is 15.9 Å². The van der Waals surface area contributed by atoms with Crippen molar-refractivity contribution in [2.24, 2.45) is 0 Å². The molecule has 0 saturated carbocycles. The Labute approximate surface area is 133 Å². The molecule has 4 nitrogen and oxygen atoms in total. The highest BCUT2D eigenvalue weighted by Crippen LogP contribution is 2.24. The standard InChI is InChI=1S/C16H15NO3S2/c18-16(11-15-7-4-9-21-15)17(13-5-2-1-3-6-13)14-8-10-22(19,20)12-14/h1-10,14H,11-12H2/t14-/m1/s1. The van der Waals surface area contributed by atoms with Crippen molar-refractivity contribution in [3.05, 3.63) is 64.2 Å². The molecule has 6 heteroatoms. The summed E-state index contributed by atoms with van der Waals surface area (Å²) in [6, 6.07) is 12.6. The van der Waals surface area contributed by atoms with Gasteiger partial charge in [-0.3, -0.25) is 4.79 Å². The number of hydrogen-bond donors (Lipinski definition) is 0. The average Bonchev–Trinajstić information content (AvgIpc) is 3.10. The topological polar surface area (TPSA) is 54.5 Å². The molecule has 0 aliphatic carbocycles. The number of thiophene rings is 1. The zero-order valence-corrected chi connectivity index (χ0v) is 13.4. The highest BCUT2D eigenvalue weighted by atomic mass is 32.2. The molecule has 2 aromatic rings. The molecule has 1 atom stereocenters. The van der Waals surface area contributed by atoms with Crippen molar-refractivity contribution >= 4 is 32.8 Å². The summed E-state index contributed by atoms with van der Waals surface area (Å²) in [4.78, 5) is 15.3. The normalized spacial score (nSPS) is 19.2. The first kappa shape index (κ1) is 15.0. The van der Waals surface area contributed by atoms with E-state index in [0.29, 0.717) is 0 Å². The van der Waals surface area contributed by atoms with Gasteiger partial charge >= 0.3 is 0 Å². The maximum Gasteiger partial charge on any atom is 0.232 e. The second-order valence-electron chi connectivity index (χ2n) is 5.08. The summed E-state index contributed by atoms with van der Waals surface area (Å²) in [6.07, 6.45) is 1.87. The lowest BCUT2D eigenvalue weighted by Crippen LogP contribution is -2.42. The number of sulfone groups is 1. The van der Waals surface area contributed by atoms with E-state index in [4.69, 9.17) is 0 Å². The molecule has 1 aromatic heterocycles. The van der Waals surface area contributed by atoms with Crippen molar-refractivity contribution in [2.45, 2.75) is 12.5 Å². The quantitative estimate of drug-likeness (QED) is 0.864. The summed E-state index contributed by atoms with van der Waals surface area (Å²) in [6.45, 7) is 0. The van der Waals surface area contributed by atoms with Crippen LogP contribution in [0.5, 0.6) is 0 Å². The second kappa shape index (κ2) is 6.06. The lowest BCUT2D eigenvalue weighted by Gasteiger charge is -2.27. The van der Waals surface area contributed by atoms with Gasteiger partial charge in [0, 0.05) is 16.0 Å². The van der Waals surface area contributed by atoms with Crippen molar-refractivity contribution < 1.29 is 13.2 Å². The third kappa shape index (κ3) is 3.28. The van der Waals surface area contributed by atoms with Crippen molar-refractivity contribution in [3.63, 3.8) is 0 Å². The summed E-state index contributed by atoms with van der Waals surface area (Å²) >= 11 is 1.52. The molecule has 1 aliphatic rings. The Morgan fingerprint density at radius 2 is 1.95 bits per heavy atom. The number of nitrogens with zero attached hydrogens (tertiary/aromatic N) is 1. The van der Waals surface area contributed by atoms with E-state index in [1.54, 1.807) is 11.0 Å². The number of benzene rings is 1. The highest BCUT2D eigenvalue weighted by molar-refractivity contribution is 7.94. The van der Waals surface area contributed by atoms with Gasteiger partial charge in [0.1, 0.15) is 0 Å². The Morgan fingerprint density at radius 1 is 1.18 bits per heavy atom. The van der Waals surface area contributed by atoms with Crippen molar-refractivity contribution in [3.8, 4) is 0 Å². The Kier molecular flexibility index (Phi) is 4.13. The molecule has 0 spiro atoms. The van der Waals surface area contributed by atoms with Gasteiger partial charge in [0.05, 0.1) is 18.2 Å². The summed E-state index contributed by atoms with van der Waals surface area (Å²) in [7, 11) is -3.22. The number of hydrogen-bond acceptors (Lipinski definition) is 4. The van der Waals surface area contributed by atoms with Crippen LogP contribution in [0.4, 0.5) is 5.69 Å². The van der Waals surface area contributed by atoms with Crippen LogP contribution in [0.15, 0.2) is 59.3 Å². The molecule has 0 fully saturated rings. The number of carbonyl (C=O) groups is 1. The maximum atomic E-state index is 12.7. The Balaban J connectivity index is 1.90. The third-order valence-electron chi connectivity index (χ3n) is 3.45. The lowest BCUT2D eigenvalue weighted by molar-refractivity contribution is -0.118. The SMILES string of the molecule is O=C(Cc1cccs1)N(c1ccccc1)[C@@H]1C=CS(=O)(=O)C1. The van der Waals surface area contributed by atoms with Crippen molar-refractivity contribution in [1.82, 2.24) is 0 Å². The first-order valence-corrected chi connectivity index (χ1v) is 9.45. The zero-order valence-electron chi connectivity index (χ0n) is 11.8. The monoisotopic (exact) mass is 333 g/mol. The van der Waals surface area contributed by atoms with Gasteiger partial charge in [0.2, 0.25) is 5.91 Å². The van der Waals surface area contributed by atoms with Crippen LogP contribution in [0.2, 0.25) is 0 Å². The molecule has 1 aliphatic heterocycles. The molecule has 0 radical (unpaired) electrons. The number of carbonyl (C=O) groups excluding carboxylic acids is 1. The van der Waals surface area contributed by atoms with E-state index >= 15 is 0 Å². The fourth-order valence-corrected chi connectivity index (χ4v) is 4.44. The van der Waals surface area contributed by atoms with Crippen LogP contribution in [-0.2, 0) is 21.1 Å². The van der Waals surface area contributed by atoms with Crippen LogP contribution >= 0.6 is 11.3 Å². The number of anilines is 1. The van der Waals surface area contributed by atoms with Gasteiger partial charge < -0.3 is 4.90 Å². The summed E-state index contributed by atoms with van der Waals surface area (Å²) < 4.78 is 23.4. The number of rotatable bonds is 4. The van der Waals surface area contributed by atoms with Crippen LogP contribution in [-0.4, -0.2) is 26.1 Å². The molecule has 0 bridgehead atoms. The van der Waals surface area contributed by atoms with Crippen molar-refractivity contribution in [2.75, 3.05) is 10.7 Å². The smallest absolute Gasteiger partial charge is 0.232 e. The molecule has 3 rings (SSSR count). The maximum absolute atomic E-state index is 12.7. The summed E-state index contributed by atoms with van der Waals surface area (Å²) in [5.41, 5.74) is 0.718. The van der Waals surface area contributed by atoms with E-state index in [1.807, 2.05) is 47.8 Å². The predicted molar refractivity (Wildman–Crippen MR) is 88.7 cm³/mol.